The van der Waals surface area contributed by atoms with Gasteiger partial charge in [-0.05, 0) is 42.2 Å². The Labute approximate surface area is 140 Å². The highest BCUT2D eigenvalue weighted by Crippen LogP contribution is 2.31. The van der Waals surface area contributed by atoms with Crippen LogP contribution in [0.25, 0.3) is 0 Å². The van der Waals surface area contributed by atoms with Gasteiger partial charge in [0, 0.05) is 11.8 Å². The third-order valence-electron chi connectivity index (χ3n) is 4.03. The molecule has 0 radical (unpaired) electrons. The van der Waals surface area contributed by atoms with E-state index in [1.165, 1.54) is 23.8 Å². The van der Waals surface area contributed by atoms with Crippen LogP contribution in [0.15, 0.2) is 47.4 Å². The van der Waals surface area contributed by atoms with Crippen LogP contribution in [0.2, 0.25) is 5.02 Å². The van der Waals surface area contributed by atoms with E-state index >= 15 is 0 Å². The topological polar surface area (TPSA) is 63.2 Å². The number of sulfone groups is 1. The highest BCUT2D eigenvalue weighted by Gasteiger charge is 2.24. The smallest absolute Gasteiger partial charge is 0.251 e. The number of carbonyl (C=O) groups is 1. The summed E-state index contributed by atoms with van der Waals surface area (Å²) >= 11 is 5.91. The highest BCUT2D eigenvalue weighted by atomic mass is 35.5. The predicted molar refractivity (Wildman–Crippen MR) is 89.5 cm³/mol. The van der Waals surface area contributed by atoms with Gasteiger partial charge in [0.15, 0.2) is 9.84 Å². The van der Waals surface area contributed by atoms with E-state index in [0.29, 0.717) is 5.56 Å². The third-order valence-corrected chi connectivity index (χ3v) is 5.61. The van der Waals surface area contributed by atoms with Gasteiger partial charge in [0.25, 0.3) is 5.91 Å². The molecule has 1 aliphatic carbocycles. The molecule has 0 aliphatic heterocycles. The molecule has 1 unspecified atom stereocenters. The van der Waals surface area contributed by atoms with E-state index in [0.717, 1.165) is 24.7 Å². The van der Waals surface area contributed by atoms with Crippen molar-refractivity contribution in [1.29, 1.82) is 0 Å². The van der Waals surface area contributed by atoms with Gasteiger partial charge in [0.05, 0.1) is 16.0 Å². The second kappa shape index (κ2) is 5.98. The highest BCUT2D eigenvalue weighted by molar-refractivity contribution is 7.90. The van der Waals surface area contributed by atoms with Crippen LogP contribution in [0.4, 0.5) is 0 Å². The molecular weight excluding hydrogens is 334 g/mol. The molecule has 0 fully saturated rings. The first-order valence-electron chi connectivity index (χ1n) is 7.24. The lowest BCUT2D eigenvalue weighted by atomic mass is 10.1. The Hall–Kier alpha value is -1.85. The molecule has 0 heterocycles. The Morgan fingerprint density at radius 2 is 1.96 bits per heavy atom. The number of carbonyl (C=O) groups excluding carboxylic acids is 1. The van der Waals surface area contributed by atoms with Gasteiger partial charge in [0.2, 0.25) is 0 Å². The zero-order valence-corrected chi connectivity index (χ0v) is 14.1. The standard InChI is InChI=1S/C17H16ClNO3S/c1-23(21,22)16-10-12(6-8-14(16)18)17(20)19-15-9-7-11-4-2-3-5-13(11)15/h2-6,8,10,15H,7,9H2,1H3,(H,19,20). The lowest BCUT2D eigenvalue weighted by molar-refractivity contribution is 0.0936. The van der Waals surface area contributed by atoms with Crippen LogP contribution in [0.1, 0.15) is 33.9 Å². The molecular formula is C17H16ClNO3S. The molecule has 1 amide bonds. The first-order chi connectivity index (χ1) is 10.9. The molecule has 23 heavy (non-hydrogen) atoms. The molecule has 6 heteroatoms. The maximum absolute atomic E-state index is 12.5. The normalized spacial score (nSPS) is 16.9. The van der Waals surface area contributed by atoms with E-state index in [-0.39, 0.29) is 21.9 Å². The molecule has 0 bridgehead atoms. The summed E-state index contributed by atoms with van der Waals surface area (Å²) in [5.74, 6) is -0.298. The molecule has 0 aromatic heterocycles. The van der Waals surface area contributed by atoms with Crippen LogP contribution in [0, 0.1) is 0 Å². The van der Waals surface area contributed by atoms with Crippen molar-refractivity contribution in [2.45, 2.75) is 23.8 Å². The number of hydrogen-bond acceptors (Lipinski definition) is 3. The van der Waals surface area contributed by atoms with Crippen molar-refractivity contribution in [2.75, 3.05) is 6.26 Å². The molecule has 4 nitrogen and oxygen atoms in total. The molecule has 0 saturated heterocycles. The van der Waals surface area contributed by atoms with Gasteiger partial charge in [0.1, 0.15) is 0 Å². The first kappa shape index (κ1) is 16.0. The second-order valence-corrected chi connectivity index (χ2v) is 8.07. The fraction of sp³-hybridized carbons (Fsp3) is 0.235. The number of aryl methyl sites for hydroxylation is 1. The summed E-state index contributed by atoms with van der Waals surface area (Å²) in [5, 5.41) is 3.09. The number of amides is 1. The Bertz CT molecular complexity index is 877. The average Bonchev–Trinajstić information content (AvgIpc) is 2.90. The van der Waals surface area contributed by atoms with Crippen molar-refractivity contribution in [1.82, 2.24) is 5.32 Å². The van der Waals surface area contributed by atoms with Crippen molar-refractivity contribution in [3.63, 3.8) is 0 Å². The summed E-state index contributed by atoms with van der Waals surface area (Å²) in [5.41, 5.74) is 2.66. The molecule has 1 N–H and O–H groups in total. The van der Waals surface area contributed by atoms with E-state index in [1.807, 2.05) is 18.2 Å². The Morgan fingerprint density at radius 1 is 1.22 bits per heavy atom. The molecule has 3 rings (SSSR count). The predicted octanol–water partition coefficient (Wildman–Crippen LogP) is 3.16. The van der Waals surface area contributed by atoms with Gasteiger partial charge >= 0.3 is 0 Å². The Morgan fingerprint density at radius 3 is 2.70 bits per heavy atom. The van der Waals surface area contributed by atoms with Crippen LogP contribution in [0.3, 0.4) is 0 Å². The van der Waals surface area contributed by atoms with Gasteiger partial charge in [-0.25, -0.2) is 8.42 Å². The summed E-state index contributed by atoms with van der Waals surface area (Å²) in [6.45, 7) is 0. The number of nitrogens with one attached hydrogen (secondary N) is 1. The maximum Gasteiger partial charge on any atom is 0.251 e. The summed E-state index contributed by atoms with van der Waals surface area (Å²) in [6, 6.07) is 12.3. The molecule has 0 spiro atoms. The molecule has 0 saturated carbocycles. The lowest BCUT2D eigenvalue weighted by Crippen LogP contribution is -2.27. The molecule has 2 aromatic rings. The third kappa shape index (κ3) is 3.26. The second-order valence-electron chi connectivity index (χ2n) is 5.68. The number of halogens is 1. The summed E-state index contributed by atoms with van der Waals surface area (Å²) < 4.78 is 23.4. The van der Waals surface area contributed by atoms with Crippen molar-refractivity contribution >= 4 is 27.3 Å². The molecule has 2 aromatic carbocycles. The Balaban J connectivity index is 1.85. The summed E-state index contributed by atoms with van der Waals surface area (Å²) in [7, 11) is -3.48. The summed E-state index contributed by atoms with van der Waals surface area (Å²) in [6.07, 6.45) is 2.84. The fourth-order valence-corrected chi connectivity index (χ4v) is 4.18. The van der Waals surface area contributed by atoms with Gasteiger partial charge < -0.3 is 5.32 Å². The quantitative estimate of drug-likeness (QED) is 0.925. The van der Waals surface area contributed by atoms with Crippen molar-refractivity contribution < 1.29 is 13.2 Å². The largest absolute Gasteiger partial charge is 0.345 e. The van der Waals surface area contributed by atoms with Gasteiger partial charge in [-0.1, -0.05) is 35.9 Å². The Kier molecular flexibility index (Phi) is 4.17. The van der Waals surface area contributed by atoms with E-state index in [9.17, 15) is 13.2 Å². The summed E-state index contributed by atoms with van der Waals surface area (Å²) in [4.78, 5) is 12.4. The monoisotopic (exact) mass is 349 g/mol. The van der Waals surface area contributed by atoms with Crippen molar-refractivity contribution in [3.8, 4) is 0 Å². The zero-order valence-electron chi connectivity index (χ0n) is 12.5. The number of rotatable bonds is 3. The average molecular weight is 350 g/mol. The number of hydrogen-bond donors (Lipinski definition) is 1. The fourth-order valence-electron chi connectivity index (χ4n) is 2.88. The molecule has 120 valence electrons. The molecule has 1 aliphatic rings. The minimum atomic E-state index is -3.48. The minimum absolute atomic E-state index is 0.0290. The van der Waals surface area contributed by atoms with E-state index in [4.69, 9.17) is 11.6 Å². The van der Waals surface area contributed by atoms with Crippen LogP contribution in [-0.2, 0) is 16.3 Å². The van der Waals surface area contributed by atoms with Crippen LogP contribution in [0.5, 0.6) is 0 Å². The van der Waals surface area contributed by atoms with Gasteiger partial charge in [-0.3, -0.25) is 4.79 Å². The van der Waals surface area contributed by atoms with Gasteiger partial charge in [-0.15, -0.1) is 0 Å². The van der Waals surface area contributed by atoms with Crippen LogP contribution < -0.4 is 5.32 Å². The zero-order chi connectivity index (χ0) is 16.6. The van der Waals surface area contributed by atoms with Crippen LogP contribution in [-0.4, -0.2) is 20.6 Å². The SMILES string of the molecule is CS(=O)(=O)c1cc(C(=O)NC2CCc3ccccc32)ccc1Cl. The van der Waals surface area contributed by atoms with E-state index < -0.39 is 9.84 Å². The number of fused-ring (bicyclic) bond motifs is 1. The maximum atomic E-state index is 12.5. The van der Waals surface area contributed by atoms with E-state index in [1.54, 1.807) is 0 Å². The van der Waals surface area contributed by atoms with E-state index in [2.05, 4.69) is 11.4 Å². The van der Waals surface area contributed by atoms with Crippen molar-refractivity contribution in [2.24, 2.45) is 0 Å². The first-order valence-corrected chi connectivity index (χ1v) is 9.51. The lowest BCUT2D eigenvalue weighted by Gasteiger charge is -2.14. The van der Waals surface area contributed by atoms with Gasteiger partial charge in [-0.2, -0.15) is 0 Å². The van der Waals surface area contributed by atoms with Crippen LogP contribution >= 0.6 is 11.6 Å². The number of benzene rings is 2. The minimum Gasteiger partial charge on any atom is -0.345 e. The van der Waals surface area contributed by atoms with Crippen molar-refractivity contribution in [3.05, 3.63) is 64.2 Å². The molecule has 1 atom stereocenters.